The third-order valence-corrected chi connectivity index (χ3v) is 9.42. The summed E-state index contributed by atoms with van der Waals surface area (Å²) in [5, 5.41) is 45.1. The van der Waals surface area contributed by atoms with Crippen molar-refractivity contribution in [2.24, 2.45) is 23.0 Å². The number of fused-ring (bicyclic) bond motifs is 3. The maximum absolute atomic E-state index is 14.0. The molecule has 2 aromatic rings. The van der Waals surface area contributed by atoms with Crippen LogP contribution in [0.5, 0.6) is 5.75 Å². The van der Waals surface area contributed by atoms with Gasteiger partial charge in [-0.1, -0.05) is 51.1 Å². The zero-order valence-corrected chi connectivity index (χ0v) is 26.2. The van der Waals surface area contributed by atoms with Crippen LogP contribution < -0.4 is 5.73 Å². The van der Waals surface area contributed by atoms with Crippen LogP contribution in [0, 0.1) is 17.3 Å². The second kappa shape index (κ2) is 11.3. The molecule has 0 unspecified atom stereocenters. The molecule has 0 spiro atoms. The van der Waals surface area contributed by atoms with Gasteiger partial charge in [0.15, 0.2) is 11.4 Å². The van der Waals surface area contributed by atoms with E-state index in [-0.39, 0.29) is 40.9 Å². The molecule has 238 valence electrons. The number of carbonyl (C=O) groups excluding carboxylic acids is 4. The first-order valence-electron chi connectivity index (χ1n) is 15.1. The van der Waals surface area contributed by atoms with Crippen molar-refractivity contribution in [1.29, 1.82) is 0 Å². The van der Waals surface area contributed by atoms with E-state index in [9.17, 15) is 39.6 Å². The molecule has 6 N–H and O–H groups in total. The number of aliphatic hydroxyl groups excluding tert-OH is 2. The second-order valence-electron chi connectivity index (χ2n) is 13.9. The lowest BCUT2D eigenvalue weighted by Crippen LogP contribution is -2.65. The van der Waals surface area contributed by atoms with Crippen LogP contribution in [0.25, 0.3) is 16.9 Å². The monoisotopic (exact) mass is 616 g/mol. The Kier molecular flexibility index (Phi) is 8.04. The number of benzene rings is 2. The van der Waals surface area contributed by atoms with Gasteiger partial charge in [0.05, 0.1) is 11.6 Å². The molecule has 0 radical (unpaired) electrons. The molecule has 1 saturated carbocycles. The Labute approximate surface area is 261 Å². The van der Waals surface area contributed by atoms with Gasteiger partial charge in [-0.25, -0.2) is 0 Å². The maximum Gasteiger partial charge on any atom is 0.255 e. The van der Waals surface area contributed by atoms with E-state index in [4.69, 9.17) is 5.73 Å². The smallest absolute Gasteiger partial charge is 0.255 e. The third kappa shape index (κ3) is 5.36. The van der Waals surface area contributed by atoms with Gasteiger partial charge in [0.25, 0.3) is 5.91 Å². The molecule has 0 saturated heterocycles. The van der Waals surface area contributed by atoms with E-state index in [0.717, 1.165) is 17.5 Å². The van der Waals surface area contributed by atoms with Gasteiger partial charge in [-0.15, -0.1) is 0 Å². The minimum Gasteiger partial charge on any atom is -0.508 e. The number of ketones is 3. The summed E-state index contributed by atoms with van der Waals surface area (Å²) in [7, 11) is 3.12. The summed E-state index contributed by atoms with van der Waals surface area (Å²) in [4.78, 5) is 53.5. The molecular formula is C35H40N2O8. The number of Topliss-reactive ketones (excluding diaryl/α,β-unsaturated/α-hetero) is 3. The first-order valence-corrected chi connectivity index (χ1v) is 15.1. The third-order valence-electron chi connectivity index (χ3n) is 9.42. The molecule has 3 aliphatic carbocycles. The van der Waals surface area contributed by atoms with Crippen molar-refractivity contribution >= 4 is 29.0 Å². The lowest BCUT2D eigenvalue weighted by atomic mass is 9.57. The summed E-state index contributed by atoms with van der Waals surface area (Å²) >= 11 is 0. The van der Waals surface area contributed by atoms with Crippen molar-refractivity contribution in [3.63, 3.8) is 0 Å². The van der Waals surface area contributed by atoms with Crippen molar-refractivity contribution in [3.8, 4) is 16.9 Å². The molecular weight excluding hydrogens is 576 g/mol. The number of carbonyl (C=O) groups is 4. The fraction of sp³-hybridized carbons (Fsp3) is 0.429. The standard InChI is InChI=1S/C35H40N2O8/c1-34(2,3)13-12-20(38)14-17-6-8-18(9-7-17)21-10-11-24(39)26-22(21)15-19-16-23-28(37(4)5)30(41)27(33(36)44)32(43)35(23,45)31(42)25(19)29(26)40/h6-11,19,23,28,39-40,43,45H,12-16H2,1-5H3,(H2,36,44)/t19-,23-,28-,35-/m1/s1. The quantitative estimate of drug-likeness (QED) is 0.291. The molecule has 0 aromatic heterocycles. The zero-order valence-electron chi connectivity index (χ0n) is 26.2. The number of amides is 1. The van der Waals surface area contributed by atoms with Crippen LogP contribution in [0.3, 0.4) is 0 Å². The van der Waals surface area contributed by atoms with Gasteiger partial charge in [0, 0.05) is 24.3 Å². The number of primary amides is 1. The normalized spacial score (nSPS) is 24.8. The summed E-state index contributed by atoms with van der Waals surface area (Å²) in [6.07, 6.45) is 1.81. The molecule has 45 heavy (non-hydrogen) atoms. The van der Waals surface area contributed by atoms with Crippen LogP contribution >= 0.6 is 0 Å². The van der Waals surface area contributed by atoms with Crippen molar-refractivity contribution < 1.29 is 39.6 Å². The first kappa shape index (κ1) is 32.1. The Morgan fingerprint density at radius 2 is 1.67 bits per heavy atom. The van der Waals surface area contributed by atoms with Gasteiger partial charge in [-0.05, 0) is 73.0 Å². The SMILES string of the molecule is CN(C)[C@H]1C(=O)C(C(N)=O)=C(O)[C@]2(O)C(=O)C3=C(O)c4c(O)ccc(-c5ccc(CC(=O)CCC(C)(C)C)cc5)c4C[C@@H]3C[C@H]12. The molecule has 10 heteroatoms. The summed E-state index contributed by atoms with van der Waals surface area (Å²) < 4.78 is 0. The van der Waals surface area contributed by atoms with Crippen LogP contribution in [0.15, 0.2) is 53.3 Å². The van der Waals surface area contributed by atoms with E-state index in [1.165, 1.54) is 11.0 Å². The predicted molar refractivity (Wildman–Crippen MR) is 167 cm³/mol. The molecule has 2 aromatic carbocycles. The van der Waals surface area contributed by atoms with E-state index in [2.05, 4.69) is 20.8 Å². The molecule has 0 bridgehead atoms. The lowest BCUT2D eigenvalue weighted by Gasteiger charge is -2.50. The molecule has 10 nitrogen and oxygen atoms in total. The molecule has 3 aliphatic rings. The number of nitrogens with two attached hydrogens (primary N) is 1. The topological polar surface area (TPSA) is 178 Å². The highest BCUT2D eigenvalue weighted by Gasteiger charge is 2.64. The lowest BCUT2D eigenvalue weighted by molar-refractivity contribution is -0.153. The van der Waals surface area contributed by atoms with Gasteiger partial charge in [-0.3, -0.25) is 24.1 Å². The number of hydrogen-bond donors (Lipinski definition) is 5. The Balaban J connectivity index is 1.55. The Hall–Kier alpha value is -4.28. The molecule has 5 rings (SSSR count). The fourth-order valence-corrected chi connectivity index (χ4v) is 7.15. The van der Waals surface area contributed by atoms with Crippen molar-refractivity contribution in [2.75, 3.05) is 14.1 Å². The number of likely N-dealkylation sites (N-methyl/N-ethyl adjacent to an activating group) is 1. The number of hydrogen-bond acceptors (Lipinski definition) is 9. The second-order valence-corrected chi connectivity index (χ2v) is 13.9. The molecule has 0 aliphatic heterocycles. The minimum atomic E-state index is -2.68. The van der Waals surface area contributed by atoms with Gasteiger partial charge in [0.2, 0.25) is 5.78 Å². The van der Waals surface area contributed by atoms with Crippen molar-refractivity contribution in [3.05, 3.63) is 70.0 Å². The molecule has 1 fully saturated rings. The number of aromatic hydroxyl groups is 1. The summed E-state index contributed by atoms with van der Waals surface area (Å²) in [5.41, 5.74) is 4.69. The number of aliphatic hydroxyl groups is 3. The van der Waals surface area contributed by atoms with Gasteiger partial charge in [0.1, 0.15) is 28.6 Å². The number of phenols is 1. The number of rotatable bonds is 7. The van der Waals surface area contributed by atoms with Crippen LogP contribution in [-0.4, -0.2) is 74.3 Å². The number of phenolic OH excluding ortho intramolecular Hbond substituents is 1. The molecule has 4 atom stereocenters. The van der Waals surface area contributed by atoms with Crippen molar-refractivity contribution in [2.45, 2.75) is 64.5 Å². The highest BCUT2D eigenvalue weighted by Crippen LogP contribution is 2.53. The van der Waals surface area contributed by atoms with E-state index >= 15 is 0 Å². The largest absolute Gasteiger partial charge is 0.508 e. The Morgan fingerprint density at radius 3 is 2.24 bits per heavy atom. The van der Waals surface area contributed by atoms with Crippen LogP contribution in [-0.2, 0) is 32.0 Å². The minimum absolute atomic E-state index is 0.0104. The summed E-state index contributed by atoms with van der Waals surface area (Å²) in [6.45, 7) is 6.30. The average Bonchev–Trinajstić information content (AvgIpc) is 2.94. The molecule has 0 heterocycles. The summed E-state index contributed by atoms with van der Waals surface area (Å²) in [5.74, 6) is -6.71. The Morgan fingerprint density at radius 1 is 1.02 bits per heavy atom. The van der Waals surface area contributed by atoms with E-state index in [1.54, 1.807) is 20.2 Å². The van der Waals surface area contributed by atoms with Gasteiger partial charge >= 0.3 is 0 Å². The summed E-state index contributed by atoms with van der Waals surface area (Å²) in [6, 6.07) is 9.47. The number of nitrogens with zero attached hydrogens (tertiary/aromatic N) is 1. The predicted octanol–water partition coefficient (Wildman–Crippen LogP) is 3.57. The van der Waals surface area contributed by atoms with Gasteiger partial charge in [-0.2, -0.15) is 0 Å². The maximum atomic E-state index is 14.0. The van der Waals surface area contributed by atoms with Crippen LogP contribution in [0.4, 0.5) is 0 Å². The van der Waals surface area contributed by atoms with E-state index in [0.29, 0.717) is 24.0 Å². The van der Waals surface area contributed by atoms with Crippen molar-refractivity contribution in [1.82, 2.24) is 4.90 Å². The molecule has 1 amide bonds. The zero-order chi connectivity index (χ0) is 33.2. The van der Waals surface area contributed by atoms with E-state index < -0.39 is 58.0 Å². The highest BCUT2D eigenvalue weighted by molar-refractivity contribution is 6.24. The first-order chi connectivity index (χ1) is 21.0. The van der Waals surface area contributed by atoms with Gasteiger partial charge < -0.3 is 26.2 Å². The van der Waals surface area contributed by atoms with E-state index in [1.807, 2.05) is 24.3 Å². The highest BCUT2D eigenvalue weighted by atomic mass is 16.3. The van der Waals surface area contributed by atoms with Crippen LogP contribution in [0.1, 0.15) is 56.7 Å². The fourth-order valence-electron chi connectivity index (χ4n) is 7.15. The average molecular weight is 617 g/mol. The Bertz CT molecular complexity index is 1680. The van der Waals surface area contributed by atoms with Crippen LogP contribution in [0.2, 0.25) is 0 Å².